The van der Waals surface area contributed by atoms with Gasteiger partial charge >= 0.3 is 0 Å². The van der Waals surface area contributed by atoms with E-state index in [0.717, 1.165) is 35.4 Å². The summed E-state index contributed by atoms with van der Waals surface area (Å²) < 4.78 is 29.0. The molecule has 2 saturated heterocycles. The second-order valence-corrected chi connectivity index (χ2v) is 11.8. The molecule has 2 atom stereocenters. The number of ether oxygens (including phenoxy) is 1. The van der Waals surface area contributed by atoms with Crippen molar-refractivity contribution in [3.05, 3.63) is 54.1 Å². The smallest absolute Gasteiger partial charge is 0.254 e. The van der Waals surface area contributed by atoms with E-state index < -0.39 is 9.84 Å². The van der Waals surface area contributed by atoms with Gasteiger partial charge in [0.2, 0.25) is 0 Å². The molecular formula is C23H26N4O4S2. The number of amides is 1. The van der Waals surface area contributed by atoms with Gasteiger partial charge in [-0.25, -0.2) is 8.42 Å². The summed E-state index contributed by atoms with van der Waals surface area (Å²) >= 11 is 1.47. The van der Waals surface area contributed by atoms with Crippen molar-refractivity contribution in [2.24, 2.45) is 4.99 Å². The van der Waals surface area contributed by atoms with Crippen LogP contribution in [0.2, 0.25) is 0 Å². The Kier molecular flexibility index (Phi) is 5.96. The van der Waals surface area contributed by atoms with E-state index in [0.29, 0.717) is 18.7 Å². The first-order valence-corrected chi connectivity index (χ1v) is 13.6. The molecule has 8 nitrogen and oxygen atoms in total. The lowest BCUT2D eigenvalue weighted by Crippen LogP contribution is -2.48. The summed E-state index contributed by atoms with van der Waals surface area (Å²) in [6, 6.07) is 15.2. The number of nitrogens with one attached hydrogen (secondary N) is 1. The number of rotatable bonds is 4. The number of anilines is 2. The number of carbonyl (C=O) groups excluding carboxylic acids is 1. The Bertz CT molecular complexity index is 1190. The van der Waals surface area contributed by atoms with Gasteiger partial charge in [-0.3, -0.25) is 9.79 Å². The van der Waals surface area contributed by atoms with E-state index in [1.54, 1.807) is 7.11 Å². The predicted molar refractivity (Wildman–Crippen MR) is 132 cm³/mol. The zero-order valence-electron chi connectivity index (χ0n) is 18.3. The van der Waals surface area contributed by atoms with Crippen LogP contribution in [0.3, 0.4) is 0 Å². The molecule has 174 valence electrons. The van der Waals surface area contributed by atoms with Crippen molar-refractivity contribution in [2.45, 2.75) is 11.3 Å². The summed E-state index contributed by atoms with van der Waals surface area (Å²) in [6.07, 6.45) is 0. The molecule has 0 unspecified atom stereocenters. The van der Waals surface area contributed by atoms with Crippen LogP contribution >= 0.6 is 11.8 Å². The molecule has 2 fully saturated rings. The van der Waals surface area contributed by atoms with Crippen LogP contribution in [-0.2, 0) is 9.84 Å². The van der Waals surface area contributed by atoms with Crippen molar-refractivity contribution in [1.82, 2.24) is 4.90 Å². The molecule has 0 radical (unpaired) electrons. The monoisotopic (exact) mass is 486 g/mol. The fourth-order valence-electron chi connectivity index (χ4n) is 4.49. The van der Waals surface area contributed by atoms with Gasteiger partial charge in [-0.15, -0.1) is 0 Å². The molecule has 3 aliphatic rings. The number of piperazine rings is 1. The number of amidine groups is 1. The highest BCUT2D eigenvalue weighted by molar-refractivity contribution is 8.15. The largest absolute Gasteiger partial charge is 0.495 e. The van der Waals surface area contributed by atoms with Crippen LogP contribution in [0.25, 0.3) is 0 Å². The van der Waals surface area contributed by atoms with Crippen LogP contribution in [-0.4, -0.2) is 80.5 Å². The van der Waals surface area contributed by atoms with Gasteiger partial charge in [0.05, 0.1) is 30.3 Å². The molecule has 2 aromatic carbocycles. The van der Waals surface area contributed by atoms with E-state index in [1.807, 2.05) is 53.4 Å². The molecule has 5 rings (SSSR count). The molecule has 0 bridgehead atoms. The fraction of sp³-hybridized carbons (Fsp3) is 0.391. The molecule has 0 spiro atoms. The van der Waals surface area contributed by atoms with Crippen molar-refractivity contribution in [3.63, 3.8) is 0 Å². The lowest BCUT2D eigenvalue weighted by atomic mass is 10.1. The van der Waals surface area contributed by atoms with E-state index in [-0.39, 0.29) is 28.7 Å². The van der Waals surface area contributed by atoms with Crippen LogP contribution in [0.1, 0.15) is 10.4 Å². The van der Waals surface area contributed by atoms with Gasteiger partial charge in [-0.1, -0.05) is 30.0 Å². The Balaban J connectivity index is 1.21. The summed E-state index contributed by atoms with van der Waals surface area (Å²) in [7, 11) is -1.30. The van der Waals surface area contributed by atoms with E-state index in [2.05, 4.69) is 15.2 Å². The summed E-state index contributed by atoms with van der Waals surface area (Å²) in [5, 5.41) is 3.97. The minimum absolute atomic E-state index is 0.00213. The van der Waals surface area contributed by atoms with Crippen molar-refractivity contribution < 1.29 is 17.9 Å². The van der Waals surface area contributed by atoms with E-state index in [1.165, 1.54) is 11.8 Å². The predicted octanol–water partition coefficient (Wildman–Crippen LogP) is 2.34. The Morgan fingerprint density at radius 3 is 2.64 bits per heavy atom. The van der Waals surface area contributed by atoms with Gasteiger partial charge in [0, 0.05) is 42.7 Å². The van der Waals surface area contributed by atoms with Gasteiger partial charge in [0.25, 0.3) is 5.91 Å². The first-order valence-electron chi connectivity index (χ1n) is 10.9. The molecule has 33 heavy (non-hydrogen) atoms. The molecule has 2 aromatic rings. The molecular weight excluding hydrogens is 460 g/mol. The topological polar surface area (TPSA) is 91.3 Å². The van der Waals surface area contributed by atoms with Crippen LogP contribution in [0.15, 0.2) is 53.5 Å². The highest BCUT2D eigenvalue weighted by Crippen LogP contribution is 2.34. The van der Waals surface area contributed by atoms with E-state index in [9.17, 15) is 13.2 Å². The molecule has 1 amide bonds. The molecule has 0 aliphatic carbocycles. The van der Waals surface area contributed by atoms with Crippen molar-refractivity contribution in [3.8, 4) is 5.75 Å². The van der Waals surface area contributed by atoms with Crippen molar-refractivity contribution in [1.29, 1.82) is 0 Å². The van der Waals surface area contributed by atoms with Crippen LogP contribution in [0.4, 0.5) is 11.4 Å². The molecule has 1 N–H and O–H groups in total. The van der Waals surface area contributed by atoms with E-state index >= 15 is 0 Å². The Morgan fingerprint density at radius 2 is 1.88 bits per heavy atom. The highest BCUT2D eigenvalue weighted by Gasteiger charge is 2.42. The van der Waals surface area contributed by atoms with Gasteiger partial charge in [-0.2, -0.15) is 0 Å². The Labute approximate surface area is 197 Å². The molecule has 3 heterocycles. The maximum absolute atomic E-state index is 13.1. The number of para-hydroxylation sites is 2. The van der Waals surface area contributed by atoms with Crippen LogP contribution < -0.4 is 15.0 Å². The number of thioether (sulfide) groups is 1. The quantitative estimate of drug-likeness (QED) is 0.709. The third kappa shape index (κ3) is 4.67. The second-order valence-electron chi connectivity index (χ2n) is 8.39. The Morgan fingerprint density at radius 1 is 1.09 bits per heavy atom. The average molecular weight is 487 g/mol. The summed E-state index contributed by atoms with van der Waals surface area (Å²) in [5.41, 5.74) is 2.45. The second kappa shape index (κ2) is 8.90. The number of carbonyl (C=O) groups is 1. The minimum Gasteiger partial charge on any atom is -0.495 e. The number of nitrogens with zero attached hydrogens (tertiary/aromatic N) is 3. The number of hydrogen-bond acceptors (Lipinski definition) is 8. The van der Waals surface area contributed by atoms with Crippen LogP contribution in [0.5, 0.6) is 5.75 Å². The summed E-state index contributed by atoms with van der Waals surface area (Å²) in [5.74, 6) is 1.14. The van der Waals surface area contributed by atoms with Crippen molar-refractivity contribution >= 4 is 44.0 Å². The van der Waals surface area contributed by atoms with Gasteiger partial charge in [0.15, 0.2) is 15.0 Å². The van der Waals surface area contributed by atoms with Gasteiger partial charge in [-0.05, 0) is 30.3 Å². The van der Waals surface area contributed by atoms with Gasteiger partial charge < -0.3 is 19.9 Å². The molecule has 0 aromatic heterocycles. The first kappa shape index (κ1) is 22.1. The van der Waals surface area contributed by atoms with E-state index in [4.69, 9.17) is 4.74 Å². The van der Waals surface area contributed by atoms with Crippen molar-refractivity contribution in [2.75, 3.05) is 55.0 Å². The number of sulfone groups is 1. The Hall–Kier alpha value is -2.72. The van der Waals surface area contributed by atoms with Crippen LogP contribution in [0, 0.1) is 0 Å². The lowest BCUT2D eigenvalue weighted by Gasteiger charge is -2.36. The highest BCUT2D eigenvalue weighted by atomic mass is 32.2. The SMILES string of the molecule is COc1ccccc1N1CCN(C(=O)c2cccc(NC3=N[C@@H]4CS(=O)(=O)C[C@H]4S3)c2)CC1. The van der Waals surface area contributed by atoms with Gasteiger partial charge in [0.1, 0.15) is 5.75 Å². The fourth-order valence-corrected chi connectivity index (χ4v) is 8.17. The molecule has 10 heteroatoms. The lowest BCUT2D eigenvalue weighted by molar-refractivity contribution is 0.0746. The average Bonchev–Trinajstić information content (AvgIpc) is 3.31. The number of aliphatic imine (C=N–C) groups is 1. The molecule has 0 saturated carbocycles. The first-order chi connectivity index (χ1) is 15.9. The number of fused-ring (bicyclic) bond motifs is 1. The zero-order chi connectivity index (χ0) is 23.0. The number of hydrogen-bond donors (Lipinski definition) is 1. The standard InChI is InChI=1S/C23H26N4O4S2/c1-31-20-8-3-2-7-19(20)26-9-11-27(12-10-26)22(28)16-5-4-6-17(13-16)24-23-25-18-14-33(29,30)15-21(18)32-23/h2-8,13,18,21H,9-12,14-15H2,1H3,(H,24,25)/t18-,21-/m1/s1. The third-order valence-electron chi connectivity index (χ3n) is 6.17. The number of methoxy groups -OCH3 is 1. The molecule has 3 aliphatic heterocycles. The number of benzene rings is 2. The summed E-state index contributed by atoms with van der Waals surface area (Å²) in [6.45, 7) is 2.75. The zero-order valence-corrected chi connectivity index (χ0v) is 19.9. The summed E-state index contributed by atoms with van der Waals surface area (Å²) in [4.78, 5) is 21.8. The maximum atomic E-state index is 13.1. The maximum Gasteiger partial charge on any atom is 0.254 e. The third-order valence-corrected chi connectivity index (χ3v) is 9.31. The normalized spacial score (nSPS) is 23.7. The minimum atomic E-state index is -2.97.